The lowest BCUT2D eigenvalue weighted by molar-refractivity contribution is -0.137. The topological polar surface area (TPSA) is 223 Å². The summed E-state index contributed by atoms with van der Waals surface area (Å²) in [5.74, 6) is -2.69. The minimum absolute atomic E-state index is 0.0106. The van der Waals surface area contributed by atoms with Gasteiger partial charge in [-0.2, -0.15) is 0 Å². The molecule has 0 saturated heterocycles. The molecule has 0 aromatic carbocycles. The van der Waals surface area contributed by atoms with Crippen LogP contribution in [0.4, 0.5) is 0 Å². The molecule has 11 N–H and O–H groups in total. The molecule has 0 rings (SSSR count). The quantitative estimate of drug-likeness (QED) is 0.132. The maximum Gasteiger partial charge on any atom is 0.251 e. The number of amides is 3. The number of aliphatic hydroxyl groups is 2. The fourth-order valence-electron chi connectivity index (χ4n) is 2.81. The lowest BCUT2D eigenvalue weighted by Crippen LogP contribution is -2.60. The van der Waals surface area contributed by atoms with Gasteiger partial charge in [-0.05, 0) is 39.2 Å². The molecule has 0 heterocycles. The van der Waals surface area contributed by atoms with Crippen LogP contribution in [0.2, 0.25) is 0 Å². The highest BCUT2D eigenvalue weighted by atomic mass is 16.3. The van der Waals surface area contributed by atoms with E-state index in [1.807, 2.05) is 13.8 Å². The van der Waals surface area contributed by atoms with Gasteiger partial charge in [0.25, 0.3) is 5.91 Å². The third-order valence-electron chi connectivity index (χ3n) is 4.61. The van der Waals surface area contributed by atoms with Crippen LogP contribution in [0.25, 0.3) is 0 Å². The van der Waals surface area contributed by atoms with Crippen LogP contribution in [-0.4, -0.2) is 83.2 Å². The van der Waals surface area contributed by atoms with Crippen molar-refractivity contribution in [2.45, 2.75) is 76.9 Å². The second-order valence-electron chi connectivity index (χ2n) is 8.01. The lowest BCUT2D eigenvalue weighted by Gasteiger charge is -2.27. The van der Waals surface area contributed by atoms with E-state index in [0.29, 0.717) is 6.42 Å². The number of nitrogens with two attached hydrogens (primary N) is 3. The predicted octanol–water partition coefficient (Wildman–Crippen LogP) is -3.55. The first-order valence-electron chi connectivity index (χ1n) is 10.3. The number of aliphatic hydroxyl groups excluding tert-OH is 2. The molecule has 0 aromatic heterocycles. The molecule has 0 aliphatic rings. The standard InChI is InChI=1S/C19H38N6O6/c1-9(2)7-12(22)16(28)19(31)23-13(5-6-20)17(29)25-15(11(4)27)18(30)24-14(8-21)10(3)26/h9,11-16,27-28H,5-8,20-22H2,1-4H3,(H,23,31)(H,24,30)(H,25,29)/t11?,12-,13-,14-,15-,16-/m0/s1. The summed E-state index contributed by atoms with van der Waals surface area (Å²) in [6, 6.07) is -4.38. The SMILES string of the molecule is CC(=O)[C@H](CN)NC(=O)[C@@H](NC(=O)[C@H](CCN)NC(=O)[C@@H](O)[C@@H](N)CC(C)C)C(C)O. The Balaban J connectivity index is 5.26. The van der Waals surface area contributed by atoms with Crippen molar-refractivity contribution in [3.8, 4) is 0 Å². The van der Waals surface area contributed by atoms with Gasteiger partial charge in [0.1, 0.15) is 18.2 Å². The second kappa shape index (κ2) is 14.0. The Morgan fingerprint density at radius 1 is 0.871 bits per heavy atom. The summed E-state index contributed by atoms with van der Waals surface area (Å²) >= 11 is 0. The van der Waals surface area contributed by atoms with Crippen LogP contribution in [0.3, 0.4) is 0 Å². The molecule has 0 saturated carbocycles. The van der Waals surface area contributed by atoms with Crippen LogP contribution < -0.4 is 33.2 Å². The minimum Gasteiger partial charge on any atom is -0.391 e. The smallest absolute Gasteiger partial charge is 0.251 e. The normalized spacial score (nSPS) is 17.1. The maximum absolute atomic E-state index is 12.7. The van der Waals surface area contributed by atoms with Crippen molar-refractivity contribution in [2.24, 2.45) is 23.1 Å². The fourth-order valence-corrected chi connectivity index (χ4v) is 2.81. The molecule has 0 radical (unpaired) electrons. The fraction of sp³-hybridized carbons (Fsp3) is 0.789. The van der Waals surface area contributed by atoms with Crippen molar-refractivity contribution in [3.63, 3.8) is 0 Å². The van der Waals surface area contributed by atoms with Gasteiger partial charge in [0, 0.05) is 12.6 Å². The zero-order chi connectivity index (χ0) is 24.3. The zero-order valence-corrected chi connectivity index (χ0v) is 18.6. The van der Waals surface area contributed by atoms with Gasteiger partial charge in [-0.1, -0.05) is 13.8 Å². The number of hydrogen-bond acceptors (Lipinski definition) is 9. The number of carbonyl (C=O) groups excluding carboxylic acids is 4. The van der Waals surface area contributed by atoms with E-state index in [1.54, 1.807) is 0 Å². The highest BCUT2D eigenvalue weighted by molar-refractivity contribution is 5.95. The number of ketones is 1. The summed E-state index contributed by atoms with van der Waals surface area (Å²) in [6.07, 6.45) is -2.44. The molecule has 1 unspecified atom stereocenters. The Morgan fingerprint density at radius 3 is 1.84 bits per heavy atom. The first kappa shape index (κ1) is 28.9. The first-order chi connectivity index (χ1) is 14.3. The molecule has 0 fully saturated rings. The molecule has 180 valence electrons. The molecule has 0 aromatic rings. The number of rotatable bonds is 14. The van der Waals surface area contributed by atoms with Crippen LogP contribution in [0.15, 0.2) is 0 Å². The number of nitrogens with one attached hydrogen (secondary N) is 3. The Bertz CT molecular complexity index is 615. The molecular formula is C19H38N6O6. The Morgan fingerprint density at radius 2 is 1.42 bits per heavy atom. The van der Waals surface area contributed by atoms with Gasteiger partial charge in [-0.3, -0.25) is 19.2 Å². The van der Waals surface area contributed by atoms with E-state index in [1.165, 1.54) is 13.8 Å². The van der Waals surface area contributed by atoms with Gasteiger partial charge < -0.3 is 43.4 Å². The van der Waals surface area contributed by atoms with E-state index in [0.717, 1.165) is 0 Å². The van der Waals surface area contributed by atoms with Crippen molar-refractivity contribution < 1.29 is 29.4 Å². The molecule has 12 heteroatoms. The molecule has 3 amide bonds. The third kappa shape index (κ3) is 10.2. The van der Waals surface area contributed by atoms with Crippen molar-refractivity contribution in [2.75, 3.05) is 13.1 Å². The molecule has 0 aliphatic heterocycles. The molecule has 6 atom stereocenters. The predicted molar refractivity (Wildman–Crippen MR) is 114 cm³/mol. The number of hydrogen-bond donors (Lipinski definition) is 8. The highest BCUT2D eigenvalue weighted by Crippen LogP contribution is 2.07. The average molecular weight is 447 g/mol. The second-order valence-corrected chi connectivity index (χ2v) is 8.01. The molecular weight excluding hydrogens is 408 g/mol. The van der Waals surface area contributed by atoms with E-state index in [2.05, 4.69) is 16.0 Å². The zero-order valence-electron chi connectivity index (χ0n) is 18.6. The summed E-state index contributed by atoms with van der Waals surface area (Å²) < 4.78 is 0. The summed E-state index contributed by atoms with van der Waals surface area (Å²) in [6.45, 7) is 6.17. The van der Waals surface area contributed by atoms with Crippen LogP contribution in [0, 0.1) is 5.92 Å². The lowest BCUT2D eigenvalue weighted by atomic mass is 9.99. The Hall–Kier alpha value is -2.12. The van der Waals surface area contributed by atoms with Crippen molar-refractivity contribution in [3.05, 3.63) is 0 Å². The van der Waals surface area contributed by atoms with Crippen LogP contribution in [-0.2, 0) is 19.2 Å². The van der Waals surface area contributed by atoms with Gasteiger partial charge in [0.05, 0.1) is 12.1 Å². The van der Waals surface area contributed by atoms with E-state index in [9.17, 15) is 29.4 Å². The number of carbonyl (C=O) groups is 4. The van der Waals surface area contributed by atoms with Crippen molar-refractivity contribution in [1.82, 2.24) is 16.0 Å². The largest absolute Gasteiger partial charge is 0.391 e. The number of Topliss-reactive ketones (excluding diaryl/α,β-unsaturated/α-hetero) is 1. The first-order valence-corrected chi connectivity index (χ1v) is 10.3. The third-order valence-corrected chi connectivity index (χ3v) is 4.61. The molecule has 0 aliphatic carbocycles. The molecule has 0 bridgehead atoms. The van der Waals surface area contributed by atoms with Gasteiger partial charge in [0.2, 0.25) is 11.8 Å². The molecule has 31 heavy (non-hydrogen) atoms. The van der Waals surface area contributed by atoms with Gasteiger partial charge in [-0.15, -0.1) is 0 Å². The molecule has 12 nitrogen and oxygen atoms in total. The summed E-state index contributed by atoms with van der Waals surface area (Å²) in [7, 11) is 0. The summed E-state index contributed by atoms with van der Waals surface area (Å²) in [5, 5.41) is 27.1. The van der Waals surface area contributed by atoms with Gasteiger partial charge in [0.15, 0.2) is 5.78 Å². The maximum atomic E-state index is 12.7. The molecule has 0 spiro atoms. The van der Waals surface area contributed by atoms with E-state index in [-0.39, 0.29) is 31.2 Å². The van der Waals surface area contributed by atoms with E-state index < -0.39 is 54.1 Å². The van der Waals surface area contributed by atoms with Gasteiger partial charge in [-0.25, -0.2) is 0 Å². The van der Waals surface area contributed by atoms with Crippen molar-refractivity contribution >= 4 is 23.5 Å². The van der Waals surface area contributed by atoms with Crippen LogP contribution in [0.5, 0.6) is 0 Å². The average Bonchev–Trinajstić information content (AvgIpc) is 2.67. The Kier molecular flexibility index (Phi) is 13.1. The monoisotopic (exact) mass is 446 g/mol. The van der Waals surface area contributed by atoms with Crippen molar-refractivity contribution in [1.29, 1.82) is 0 Å². The summed E-state index contributed by atoms with van der Waals surface area (Å²) in [5.41, 5.74) is 16.8. The van der Waals surface area contributed by atoms with E-state index in [4.69, 9.17) is 17.2 Å². The van der Waals surface area contributed by atoms with Gasteiger partial charge >= 0.3 is 0 Å². The van der Waals surface area contributed by atoms with Crippen LogP contribution >= 0.6 is 0 Å². The Labute approximate surface area is 182 Å². The summed E-state index contributed by atoms with van der Waals surface area (Å²) in [4.78, 5) is 48.9. The highest BCUT2D eigenvalue weighted by Gasteiger charge is 2.32. The minimum atomic E-state index is -1.53. The van der Waals surface area contributed by atoms with Crippen LogP contribution in [0.1, 0.15) is 40.5 Å². The van der Waals surface area contributed by atoms with E-state index >= 15 is 0 Å².